The monoisotopic (exact) mass is 732 g/mol. The van der Waals surface area contributed by atoms with E-state index in [1.54, 1.807) is 0 Å². The summed E-state index contributed by atoms with van der Waals surface area (Å²) >= 11 is -5.65. The first-order valence-electron chi connectivity index (χ1n) is 13.1. The van der Waals surface area contributed by atoms with E-state index in [1.165, 1.54) is 11.1 Å². The molecule has 0 bridgehead atoms. The van der Waals surface area contributed by atoms with Crippen molar-refractivity contribution < 1.29 is 20.4 Å². The number of fused-ring (bicyclic) bond motifs is 3. The van der Waals surface area contributed by atoms with Crippen molar-refractivity contribution in [2.45, 2.75) is 13.3 Å². The van der Waals surface area contributed by atoms with Crippen molar-refractivity contribution in [1.82, 2.24) is 3.30 Å². The fourth-order valence-electron chi connectivity index (χ4n) is 6.02. The van der Waals surface area contributed by atoms with Crippen molar-refractivity contribution in [3.63, 3.8) is 0 Å². The summed E-state index contributed by atoms with van der Waals surface area (Å²) in [6.07, 6.45) is 0.748. The molecule has 0 fully saturated rings. The number of nitrogens with one attached hydrogen (secondary N) is 1. The van der Waals surface area contributed by atoms with Crippen LogP contribution in [0.25, 0.3) is 11.1 Å². The molecule has 5 aromatic carbocycles. The van der Waals surface area contributed by atoms with E-state index < -0.39 is 21.6 Å². The molecule has 5 aromatic rings. The quantitative estimate of drug-likeness (QED) is 0.207. The molecule has 0 aliphatic heterocycles. The molecule has 39 heavy (non-hydrogen) atoms. The van der Waals surface area contributed by atoms with Gasteiger partial charge >= 0.3 is 241 Å². The minimum absolute atomic E-state index is 0.212. The SMILES string of the molecule is Cc1cccc(C(=O)[NH][Hf]([Cl])([Cl])([c]2cccc3c2Cc2ccccc2-3)[SiH](c2ccccc2)c2ccccc2)c1. The summed E-state index contributed by atoms with van der Waals surface area (Å²) in [4.78, 5) is 14.1. The van der Waals surface area contributed by atoms with Crippen LogP contribution in [0.15, 0.2) is 127 Å². The number of carbonyl (C=O) groups is 1. The van der Waals surface area contributed by atoms with Crippen LogP contribution in [0.2, 0.25) is 0 Å². The third-order valence-corrected chi connectivity index (χ3v) is 56.0. The zero-order valence-electron chi connectivity index (χ0n) is 21.6. The van der Waals surface area contributed by atoms with Crippen LogP contribution in [0.1, 0.15) is 27.0 Å². The van der Waals surface area contributed by atoms with E-state index in [9.17, 15) is 4.79 Å². The van der Waals surface area contributed by atoms with Gasteiger partial charge in [0.1, 0.15) is 0 Å². The summed E-state index contributed by atoms with van der Waals surface area (Å²) in [7, 11) is 16.4. The van der Waals surface area contributed by atoms with E-state index in [2.05, 4.69) is 70.0 Å². The Bertz CT molecular complexity index is 1650. The predicted octanol–water partition coefficient (Wildman–Crippen LogP) is 6.07. The summed E-state index contributed by atoms with van der Waals surface area (Å²) in [6, 6.07) is 43.1. The molecule has 0 unspecified atom stereocenters. The Kier molecular flexibility index (Phi) is 7.01. The van der Waals surface area contributed by atoms with Crippen LogP contribution in [0.4, 0.5) is 0 Å². The number of rotatable bonds is 6. The molecule has 6 heteroatoms. The number of aryl methyl sites for hydroxylation is 1. The van der Waals surface area contributed by atoms with Crippen molar-refractivity contribution in [2.24, 2.45) is 0 Å². The van der Waals surface area contributed by atoms with Crippen LogP contribution in [0.3, 0.4) is 0 Å². The van der Waals surface area contributed by atoms with Gasteiger partial charge in [-0.15, -0.1) is 0 Å². The van der Waals surface area contributed by atoms with Gasteiger partial charge in [-0.3, -0.25) is 0 Å². The Morgan fingerprint density at radius 3 is 1.97 bits per heavy atom. The van der Waals surface area contributed by atoms with Crippen LogP contribution >= 0.6 is 17.2 Å². The van der Waals surface area contributed by atoms with Gasteiger partial charge in [0.2, 0.25) is 0 Å². The van der Waals surface area contributed by atoms with E-state index in [-0.39, 0.29) is 5.91 Å². The molecule has 0 spiro atoms. The third kappa shape index (κ3) is 4.78. The zero-order chi connectivity index (χ0) is 27.1. The van der Waals surface area contributed by atoms with Gasteiger partial charge in [-0.2, -0.15) is 0 Å². The van der Waals surface area contributed by atoms with E-state index in [0.29, 0.717) is 5.56 Å². The van der Waals surface area contributed by atoms with Crippen molar-refractivity contribution >= 4 is 42.7 Å². The van der Waals surface area contributed by atoms with Crippen LogP contribution < -0.4 is 17.0 Å². The first-order valence-corrected chi connectivity index (χ1v) is 33.6. The third-order valence-electron chi connectivity index (χ3n) is 7.74. The number of hydrogen-bond acceptors (Lipinski definition) is 1. The molecule has 0 aromatic heterocycles. The summed E-state index contributed by atoms with van der Waals surface area (Å²) in [5.41, 5.74) is 6.36. The van der Waals surface area contributed by atoms with Gasteiger partial charge in [0.05, 0.1) is 0 Å². The van der Waals surface area contributed by atoms with Crippen LogP contribution in [0.5, 0.6) is 0 Å². The van der Waals surface area contributed by atoms with Crippen molar-refractivity contribution in [2.75, 3.05) is 0 Å². The normalized spacial score (nSPS) is 13.3. The molecule has 2 nitrogen and oxygen atoms in total. The maximum absolute atomic E-state index is 14.1. The maximum atomic E-state index is 14.1. The average Bonchev–Trinajstić information content (AvgIpc) is 3.33. The van der Waals surface area contributed by atoms with Gasteiger partial charge in [0, 0.05) is 0 Å². The molecular weight excluding hydrogens is 704 g/mol. The topological polar surface area (TPSA) is 29.1 Å². The minimum atomic E-state index is -5.65. The molecular formula is C33H28Cl2HfNOSi. The predicted molar refractivity (Wildman–Crippen MR) is 164 cm³/mol. The fraction of sp³-hybridized carbons (Fsp3) is 0.0606. The van der Waals surface area contributed by atoms with Crippen LogP contribution in [0, 0.1) is 6.92 Å². The summed E-state index contributed by atoms with van der Waals surface area (Å²) in [5.74, 6) is -2.64. The first-order chi connectivity index (χ1) is 18.8. The van der Waals surface area contributed by atoms with Gasteiger partial charge in [0.15, 0.2) is 0 Å². The Morgan fingerprint density at radius 1 is 0.718 bits per heavy atom. The van der Waals surface area contributed by atoms with Gasteiger partial charge in [-0.05, 0) is 0 Å². The Balaban J connectivity index is 1.63. The van der Waals surface area contributed by atoms with Gasteiger partial charge in [-0.25, -0.2) is 0 Å². The molecule has 0 saturated carbocycles. The van der Waals surface area contributed by atoms with Crippen LogP contribution in [-0.4, -0.2) is 11.9 Å². The van der Waals surface area contributed by atoms with Crippen molar-refractivity contribution in [3.05, 3.63) is 150 Å². The second kappa shape index (κ2) is 10.3. The molecule has 6 rings (SSSR count). The number of hydrogen-bond donors (Lipinski definition) is 1. The van der Waals surface area contributed by atoms with Crippen molar-refractivity contribution in [1.29, 1.82) is 0 Å². The Hall–Kier alpha value is -2.76. The summed E-state index contributed by atoms with van der Waals surface area (Å²) < 4.78 is 4.41. The number of halogens is 2. The van der Waals surface area contributed by atoms with Gasteiger partial charge in [0.25, 0.3) is 0 Å². The number of benzene rings is 5. The molecule has 0 atom stereocenters. The molecule has 1 amide bonds. The second-order valence-corrected chi connectivity index (χ2v) is 59.2. The molecule has 0 heterocycles. The van der Waals surface area contributed by atoms with E-state index in [0.717, 1.165) is 36.8 Å². The molecule has 1 N–H and O–H groups in total. The van der Waals surface area contributed by atoms with Gasteiger partial charge in [-0.1, -0.05) is 0 Å². The molecule has 193 valence electrons. The van der Waals surface area contributed by atoms with E-state index >= 15 is 0 Å². The molecule has 1 aliphatic carbocycles. The van der Waals surface area contributed by atoms with E-state index in [4.69, 9.17) is 17.2 Å². The average molecular weight is 732 g/mol. The molecule has 0 radical (unpaired) electrons. The Morgan fingerprint density at radius 2 is 1.31 bits per heavy atom. The summed E-state index contributed by atoms with van der Waals surface area (Å²) in [6.45, 7) is 1.98. The van der Waals surface area contributed by atoms with Crippen LogP contribution in [-0.2, 0) is 22.0 Å². The van der Waals surface area contributed by atoms with Gasteiger partial charge < -0.3 is 0 Å². The fourth-order valence-corrected chi connectivity index (χ4v) is 57.6. The first kappa shape index (κ1) is 26.5. The number of carbonyl (C=O) groups excluding carboxylic acids is 1. The van der Waals surface area contributed by atoms with Crippen molar-refractivity contribution in [3.8, 4) is 11.1 Å². The molecule has 0 saturated heterocycles. The molecule has 1 aliphatic rings. The van der Waals surface area contributed by atoms with E-state index in [1.807, 2.05) is 67.6 Å². The standard InChI is InChI=1S/C13H9.C12H11Si.C8H9NO.2ClH.Hf/c1-3-7-12-10(5-1)9-11-6-2-4-8-13(11)12;1-3-7-11(8-4-1)13-12-9-5-2-6-10-12;1-6-3-2-4-7(5-6)8(9)10;;;/h1-5,7-8H,9H2;1-10,13H;2-5H,1H3,(H2,9,10);2*1H;/q;;;;;+3/p-3. The second-order valence-electron chi connectivity index (χ2n) is 10.3. The summed E-state index contributed by atoms with van der Waals surface area (Å²) in [5, 5.41) is 2.25. The number of amides is 1. The zero-order valence-corrected chi connectivity index (χ0v) is 27.8. The Labute approximate surface area is 238 Å².